The molecule has 0 saturated heterocycles. The largest absolute Gasteiger partial charge is 0.431 e. The fourth-order valence-electron chi connectivity index (χ4n) is 1.56. The minimum Gasteiger partial charge on any atom is -0.304 e. The van der Waals surface area contributed by atoms with E-state index >= 15 is 0 Å². The second-order valence-corrected chi connectivity index (χ2v) is 4.13. The molecule has 0 fully saturated rings. The van der Waals surface area contributed by atoms with E-state index in [4.69, 9.17) is 0 Å². The summed E-state index contributed by atoms with van der Waals surface area (Å²) in [5.41, 5.74) is -1.48. The molecule has 1 aromatic heterocycles. The van der Waals surface area contributed by atoms with Crippen molar-refractivity contribution in [2.75, 3.05) is 5.75 Å². The molecule has 1 aromatic rings. The highest BCUT2D eigenvalue weighted by atomic mass is 32.1. The fourth-order valence-corrected chi connectivity index (χ4v) is 1.78. The standard InChI is InChI=1S/C11H14F3NOS/c12-11(13,14)9-5-4-6-10(16)15(9)7-2-1-3-8-17/h4-6,17H,1-3,7-8H2. The zero-order valence-electron chi connectivity index (χ0n) is 9.20. The number of alkyl halides is 3. The Morgan fingerprint density at radius 2 is 1.88 bits per heavy atom. The second kappa shape index (κ2) is 6.14. The number of aromatic nitrogens is 1. The average Bonchev–Trinajstić information content (AvgIpc) is 2.24. The van der Waals surface area contributed by atoms with Gasteiger partial charge in [0.15, 0.2) is 0 Å². The Kier molecular flexibility index (Phi) is 5.11. The highest BCUT2D eigenvalue weighted by molar-refractivity contribution is 7.80. The van der Waals surface area contributed by atoms with Crippen molar-refractivity contribution in [3.05, 3.63) is 34.2 Å². The summed E-state index contributed by atoms with van der Waals surface area (Å²) in [7, 11) is 0. The normalized spacial score (nSPS) is 11.8. The molecule has 2 nitrogen and oxygen atoms in total. The van der Waals surface area contributed by atoms with E-state index in [0.717, 1.165) is 35.6 Å². The summed E-state index contributed by atoms with van der Waals surface area (Å²) in [5, 5.41) is 0. The Hall–Kier alpha value is -0.910. The molecule has 0 aliphatic rings. The molecule has 0 saturated carbocycles. The first kappa shape index (κ1) is 14.2. The molecule has 17 heavy (non-hydrogen) atoms. The van der Waals surface area contributed by atoms with Crippen molar-refractivity contribution in [1.82, 2.24) is 4.57 Å². The number of halogens is 3. The Bertz CT molecular complexity index is 414. The van der Waals surface area contributed by atoms with Crippen LogP contribution in [0, 0.1) is 0 Å². The first-order valence-corrected chi connectivity index (χ1v) is 5.98. The molecule has 0 radical (unpaired) electrons. The van der Waals surface area contributed by atoms with Crippen molar-refractivity contribution in [3.8, 4) is 0 Å². The Morgan fingerprint density at radius 3 is 2.47 bits per heavy atom. The number of hydrogen-bond acceptors (Lipinski definition) is 2. The predicted octanol–water partition coefficient (Wildman–Crippen LogP) is 2.97. The molecule has 0 spiro atoms. The first-order valence-electron chi connectivity index (χ1n) is 5.34. The van der Waals surface area contributed by atoms with Gasteiger partial charge in [-0.05, 0) is 24.7 Å². The summed E-state index contributed by atoms with van der Waals surface area (Å²) in [5.74, 6) is 0.704. The molecule has 0 aromatic carbocycles. The van der Waals surface area contributed by atoms with Gasteiger partial charge < -0.3 is 4.57 Å². The van der Waals surface area contributed by atoms with Crippen LogP contribution in [0.3, 0.4) is 0 Å². The maximum Gasteiger partial charge on any atom is 0.431 e. The van der Waals surface area contributed by atoms with E-state index in [9.17, 15) is 18.0 Å². The fraction of sp³-hybridized carbons (Fsp3) is 0.545. The molecule has 0 bridgehead atoms. The van der Waals surface area contributed by atoms with Gasteiger partial charge in [0.1, 0.15) is 5.69 Å². The molecule has 0 atom stereocenters. The lowest BCUT2D eigenvalue weighted by molar-refractivity contribution is -0.144. The van der Waals surface area contributed by atoms with Crippen molar-refractivity contribution < 1.29 is 13.2 Å². The van der Waals surface area contributed by atoms with Crippen LogP contribution in [0.2, 0.25) is 0 Å². The summed E-state index contributed by atoms with van der Waals surface area (Å²) in [6, 6.07) is 3.21. The van der Waals surface area contributed by atoms with Gasteiger partial charge in [0.25, 0.3) is 5.56 Å². The number of nitrogens with zero attached hydrogens (tertiary/aromatic N) is 1. The van der Waals surface area contributed by atoms with Crippen molar-refractivity contribution in [1.29, 1.82) is 0 Å². The minimum atomic E-state index is -4.48. The van der Waals surface area contributed by atoms with Crippen LogP contribution >= 0.6 is 12.6 Å². The number of hydrogen-bond donors (Lipinski definition) is 1. The SMILES string of the molecule is O=c1cccc(C(F)(F)F)n1CCCCCS. The molecule has 0 aliphatic carbocycles. The smallest absolute Gasteiger partial charge is 0.304 e. The number of rotatable bonds is 5. The van der Waals surface area contributed by atoms with Gasteiger partial charge in [-0.1, -0.05) is 12.5 Å². The van der Waals surface area contributed by atoms with Gasteiger partial charge in [0.05, 0.1) is 0 Å². The molecule has 0 aliphatic heterocycles. The molecular formula is C11H14F3NOS. The molecular weight excluding hydrogens is 251 g/mol. The van der Waals surface area contributed by atoms with Crippen molar-refractivity contribution in [2.24, 2.45) is 0 Å². The number of pyridine rings is 1. The Morgan fingerprint density at radius 1 is 1.18 bits per heavy atom. The van der Waals surface area contributed by atoms with E-state index in [1.165, 1.54) is 0 Å². The second-order valence-electron chi connectivity index (χ2n) is 3.68. The number of thiol groups is 1. The van der Waals surface area contributed by atoms with Gasteiger partial charge >= 0.3 is 6.18 Å². The maximum absolute atomic E-state index is 12.6. The van der Waals surface area contributed by atoms with Crippen molar-refractivity contribution >= 4 is 12.6 Å². The quantitative estimate of drug-likeness (QED) is 0.641. The van der Waals surface area contributed by atoms with E-state index in [1.807, 2.05) is 0 Å². The summed E-state index contributed by atoms with van der Waals surface area (Å²) < 4.78 is 38.7. The molecule has 96 valence electrons. The lowest BCUT2D eigenvalue weighted by atomic mass is 10.2. The van der Waals surface area contributed by atoms with Gasteiger partial charge in [0, 0.05) is 12.6 Å². The van der Waals surface area contributed by atoms with E-state index in [-0.39, 0.29) is 6.54 Å². The Labute approximate surface area is 103 Å². The molecule has 0 N–H and O–H groups in total. The topological polar surface area (TPSA) is 22.0 Å². The van der Waals surface area contributed by atoms with Crippen LogP contribution in [0.5, 0.6) is 0 Å². The highest BCUT2D eigenvalue weighted by Gasteiger charge is 2.33. The summed E-state index contributed by atoms with van der Waals surface area (Å²) in [6.45, 7) is 0.0995. The molecule has 1 heterocycles. The minimum absolute atomic E-state index is 0.0995. The summed E-state index contributed by atoms with van der Waals surface area (Å²) >= 11 is 4.02. The van der Waals surface area contributed by atoms with Gasteiger partial charge in [-0.15, -0.1) is 0 Å². The van der Waals surface area contributed by atoms with E-state index in [1.54, 1.807) is 0 Å². The van der Waals surface area contributed by atoms with E-state index in [2.05, 4.69) is 12.6 Å². The monoisotopic (exact) mass is 265 g/mol. The zero-order valence-corrected chi connectivity index (χ0v) is 10.1. The lowest BCUT2D eigenvalue weighted by Gasteiger charge is -2.14. The van der Waals surface area contributed by atoms with Crippen LogP contribution in [-0.4, -0.2) is 10.3 Å². The van der Waals surface area contributed by atoms with Gasteiger partial charge in [-0.2, -0.15) is 25.8 Å². The van der Waals surface area contributed by atoms with Gasteiger partial charge in [0.2, 0.25) is 0 Å². The van der Waals surface area contributed by atoms with Crippen LogP contribution in [-0.2, 0) is 12.7 Å². The highest BCUT2D eigenvalue weighted by Crippen LogP contribution is 2.28. The molecule has 6 heteroatoms. The third kappa shape index (κ3) is 4.11. The lowest BCUT2D eigenvalue weighted by Crippen LogP contribution is -2.27. The molecule has 0 unspecified atom stereocenters. The zero-order chi connectivity index (χ0) is 12.9. The first-order chi connectivity index (χ1) is 7.96. The van der Waals surface area contributed by atoms with Crippen molar-refractivity contribution in [2.45, 2.75) is 32.0 Å². The maximum atomic E-state index is 12.6. The summed E-state index contributed by atoms with van der Waals surface area (Å²) in [4.78, 5) is 11.4. The van der Waals surface area contributed by atoms with E-state index in [0.29, 0.717) is 12.2 Å². The third-order valence-electron chi connectivity index (χ3n) is 2.38. The van der Waals surface area contributed by atoms with Crippen LogP contribution in [0.15, 0.2) is 23.0 Å². The van der Waals surface area contributed by atoms with E-state index < -0.39 is 17.4 Å². The summed E-state index contributed by atoms with van der Waals surface area (Å²) in [6.07, 6.45) is -2.33. The van der Waals surface area contributed by atoms with Gasteiger partial charge in [-0.3, -0.25) is 4.79 Å². The van der Waals surface area contributed by atoms with Crippen LogP contribution < -0.4 is 5.56 Å². The number of unbranched alkanes of at least 4 members (excludes halogenated alkanes) is 2. The van der Waals surface area contributed by atoms with Crippen LogP contribution in [0.25, 0.3) is 0 Å². The van der Waals surface area contributed by atoms with Crippen LogP contribution in [0.4, 0.5) is 13.2 Å². The third-order valence-corrected chi connectivity index (χ3v) is 2.70. The van der Waals surface area contributed by atoms with Crippen molar-refractivity contribution in [3.63, 3.8) is 0 Å². The molecule has 0 amide bonds. The molecule has 1 rings (SSSR count). The Balaban J connectivity index is 2.86. The predicted molar refractivity (Wildman–Crippen MR) is 63.4 cm³/mol. The average molecular weight is 265 g/mol. The van der Waals surface area contributed by atoms with Gasteiger partial charge in [-0.25, -0.2) is 0 Å². The van der Waals surface area contributed by atoms with Crippen LogP contribution in [0.1, 0.15) is 25.0 Å².